The lowest BCUT2D eigenvalue weighted by Gasteiger charge is -2.33. The van der Waals surface area contributed by atoms with Gasteiger partial charge in [-0.2, -0.15) is 0 Å². The van der Waals surface area contributed by atoms with Crippen molar-refractivity contribution >= 4 is 5.91 Å². The monoisotopic (exact) mass is 395 g/mol. The Bertz CT molecular complexity index is 681. The van der Waals surface area contributed by atoms with Gasteiger partial charge in [-0.05, 0) is 63.1 Å². The van der Waals surface area contributed by atoms with Gasteiger partial charge in [0.2, 0.25) is 5.91 Å². The summed E-state index contributed by atoms with van der Waals surface area (Å²) in [5, 5.41) is 0. The van der Waals surface area contributed by atoms with Crippen LogP contribution in [0.4, 0.5) is 0 Å². The van der Waals surface area contributed by atoms with Crippen LogP contribution in [0, 0.1) is 11.8 Å². The van der Waals surface area contributed by atoms with Gasteiger partial charge in [-0.15, -0.1) is 0 Å². The molecule has 29 heavy (non-hydrogen) atoms. The van der Waals surface area contributed by atoms with Crippen molar-refractivity contribution in [1.82, 2.24) is 14.7 Å². The molecule has 2 fully saturated rings. The molecule has 0 aromatic heterocycles. The Hall–Kier alpha value is -1.65. The molecule has 158 valence electrons. The van der Waals surface area contributed by atoms with Gasteiger partial charge in [0, 0.05) is 45.2 Å². The maximum atomic E-state index is 13.4. The van der Waals surface area contributed by atoms with Gasteiger partial charge in [-0.1, -0.05) is 42.5 Å². The van der Waals surface area contributed by atoms with Crippen molar-refractivity contribution in [2.24, 2.45) is 11.8 Å². The fourth-order valence-electron chi connectivity index (χ4n) is 4.95. The van der Waals surface area contributed by atoms with Crippen LogP contribution >= 0.6 is 0 Å². The van der Waals surface area contributed by atoms with E-state index in [0.29, 0.717) is 17.7 Å². The Morgan fingerprint density at radius 3 is 2.62 bits per heavy atom. The molecule has 4 heteroatoms. The molecule has 3 aliphatic rings. The van der Waals surface area contributed by atoms with Gasteiger partial charge in [0.05, 0.1) is 0 Å². The van der Waals surface area contributed by atoms with Gasteiger partial charge in [-0.3, -0.25) is 4.79 Å². The van der Waals surface area contributed by atoms with E-state index in [1.807, 2.05) is 0 Å². The van der Waals surface area contributed by atoms with Crippen LogP contribution in [0.1, 0.15) is 43.6 Å². The molecule has 3 atom stereocenters. The zero-order valence-corrected chi connectivity index (χ0v) is 18.0. The highest BCUT2D eigenvalue weighted by molar-refractivity contribution is 5.83. The largest absolute Gasteiger partial charge is 0.342 e. The van der Waals surface area contributed by atoms with Crippen molar-refractivity contribution in [3.8, 4) is 0 Å². The predicted molar refractivity (Wildman–Crippen MR) is 119 cm³/mol. The van der Waals surface area contributed by atoms with E-state index < -0.39 is 0 Å². The Kier molecular flexibility index (Phi) is 7.04. The maximum Gasteiger partial charge on any atom is 0.226 e. The molecule has 1 aromatic rings. The number of allylic oxidation sites excluding steroid dienone is 2. The number of rotatable bonds is 8. The number of carbonyl (C=O) groups is 1. The molecule has 1 saturated carbocycles. The first kappa shape index (κ1) is 20.6. The molecule has 4 nitrogen and oxygen atoms in total. The summed E-state index contributed by atoms with van der Waals surface area (Å²) >= 11 is 0. The fourth-order valence-corrected chi connectivity index (χ4v) is 4.95. The number of benzene rings is 1. The third-order valence-electron chi connectivity index (χ3n) is 7.00. The molecule has 1 saturated heterocycles. The van der Waals surface area contributed by atoms with Crippen molar-refractivity contribution in [2.45, 2.75) is 38.0 Å². The molecule has 1 aliphatic heterocycles. The van der Waals surface area contributed by atoms with Gasteiger partial charge < -0.3 is 14.7 Å². The standard InChI is InChI=1S/C25H37N3O/c1-26-15-17-27(18-16-26)13-8-14-28(20-21-9-4-2-5-10-21)25(29)24-19-23(24)22-11-6-3-7-12-22/h2-4,6-7,11-12,21,23-24H,5,8-10,13-20H2,1H3/t21-,23+,24-/m1/s1. The van der Waals surface area contributed by atoms with Crippen LogP contribution in [0.25, 0.3) is 0 Å². The Labute approximate surface area is 176 Å². The molecule has 1 amide bonds. The first-order chi connectivity index (χ1) is 14.2. The average molecular weight is 396 g/mol. The molecule has 4 rings (SSSR count). The quantitative estimate of drug-likeness (QED) is 0.629. The zero-order valence-electron chi connectivity index (χ0n) is 18.0. The first-order valence-electron chi connectivity index (χ1n) is 11.6. The van der Waals surface area contributed by atoms with Crippen LogP contribution in [0.3, 0.4) is 0 Å². The summed E-state index contributed by atoms with van der Waals surface area (Å²) in [4.78, 5) is 20.6. The van der Waals surface area contributed by atoms with Crippen molar-refractivity contribution in [1.29, 1.82) is 0 Å². The molecule has 0 spiro atoms. The summed E-state index contributed by atoms with van der Waals surface area (Å²) in [5.74, 6) is 1.70. The van der Waals surface area contributed by atoms with Crippen molar-refractivity contribution in [2.75, 3.05) is 52.9 Å². The number of hydrogen-bond acceptors (Lipinski definition) is 3. The van der Waals surface area contributed by atoms with E-state index in [1.54, 1.807) is 0 Å². The molecular formula is C25H37N3O. The summed E-state index contributed by atoms with van der Waals surface area (Å²) in [6.45, 7) is 7.64. The lowest BCUT2D eigenvalue weighted by atomic mass is 9.93. The summed E-state index contributed by atoms with van der Waals surface area (Å²) < 4.78 is 0. The normalized spacial score (nSPS) is 27.7. The summed E-state index contributed by atoms with van der Waals surface area (Å²) in [5.41, 5.74) is 1.34. The average Bonchev–Trinajstić information content (AvgIpc) is 3.56. The van der Waals surface area contributed by atoms with E-state index in [9.17, 15) is 4.79 Å². The minimum atomic E-state index is 0.208. The highest BCUT2D eigenvalue weighted by Gasteiger charge is 2.45. The van der Waals surface area contributed by atoms with E-state index in [4.69, 9.17) is 0 Å². The van der Waals surface area contributed by atoms with Gasteiger partial charge in [0.15, 0.2) is 0 Å². The smallest absolute Gasteiger partial charge is 0.226 e. The minimum Gasteiger partial charge on any atom is -0.342 e. The number of nitrogens with zero attached hydrogens (tertiary/aromatic N) is 3. The second-order valence-electron chi connectivity index (χ2n) is 9.29. The van der Waals surface area contributed by atoms with E-state index in [1.165, 1.54) is 18.4 Å². The lowest BCUT2D eigenvalue weighted by molar-refractivity contribution is -0.133. The van der Waals surface area contributed by atoms with E-state index in [2.05, 4.69) is 64.2 Å². The van der Waals surface area contributed by atoms with Crippen molar-refractivity contribution in [3.63, 3.8) is 0 Å². The highest BCUT2D eigenvalue weighted by atomic mass is 16.2. The van der Waals surface area contributed by atoms with Crippen LogP contribution < -0.4 is 0 Å². The number of likely N-dealkylation sites (N-methyl/N-ethyl adjacent to an activating group) is 1. The van der Waals surface area contributed by atoms with E-state index >= 15 is 0 Å². The number of amides is 1. The lowest BCUT2D eigenvalue weighted by Crippen LogP contribution is -2.45. The van der Waals surface area contributed by atoms with Crippen LogP contribution in [0.2, 0.25) is 0 Å². The molecule has 0 N–H and O–H groups in total. The van der Waals surface area contributed by atoms with E-state index in [0.717, 1.165) is 65.1 Å². The molecule has 2 aliphatic carbocycles. The number of piperazine rings is 1. The van der Waals surface area contributed by atoms with Crippen LogP contribution in [0.5, 0.6) is 0 Å². The second kappa shape index (κ2) is 9.90. The van der Waals surface area contributed by atoms with Gasteiger partial charge in [-0.25, -0.2) is 0 Å². The van der Waals surface area contributed by atoms with Gasteiger partial charge >= 0.3 is 0 Å². The van der Waals surface area contributed by atoms with Crippen LogP contribution in [-0.2, 0) is 4.79 Å². The fraction of sp³-hybridized carbons (Fsp3) is 0.640. The van der Waals surface area contributed by atoms with Crippen molar-refractivity contribution < 1.29 is 4.79 Å². The summed E-state index contributed by atoms with van der Waals surface area (Å²) in [7, 11) is 2.20. The van der Waals surface area contributed by atoms with Crippen LogP contribution in [-0.4, -0.2) is 73.5 Å². The summed E-state index contributed by atoms with van der Waals surface area (Å²) in [6.07, 6.45) is 10.3. The van der Waals surface area contributed by atoms with Crippen molar-refractivity contribution in [3.05, 3.63) is 48.0 Å². The number of carbonyl (C=O) groups excluding carboxylic acids is 1. The maximum absolute atomic E-state index is 13.4. The predicted octanol–water partition coefficient (Wildman–Crippen LogP) is 3.61. The molecule has 0 radical (unpaired) electrons. The third-order valence-corrected chi connectivity index (χ3v) is 7.00. The van der Waals surface area contributed by atoms with Gasteiger partial charge in [0.25, 0.3) is 0 Å². The Morgan fingerprint density at radius 2 is 1.90 bits per heavy atom. The van der Waals surface area contributed by atoms with Gasteiger partial charge in [0.1, 0.15) is 0 Å². The Morgan fingerprint density at radius 1 is 1.10 bits per heavy atom. The first-order valence-corrected chi connectivity index (χ1v) is 11.6. The molecule has 1 heterocycles. The second-order valence-corrected chi connectivity index (χ2v) is 9.29. The molecular weight excluding hydrogens is 358 g/mol. The zero-order chi connectivity index (χ0) is 20.1. The summed E-state index contributed by atoms with van der Waals surface area (Å²) in [6, 6.07) is 10.6. The highest BCUT2D eigenvalue weighted by Crippen LogP contribution is 2.48. The third kappa shape index (κ3) is 5.70. The Balaban J connectivity index is 1.32. The van der Waals surface area contributed by atoms with Crippen LogP contribution in [0.15, 0.2) is 42.5 Å². The SMILES string of the molecule is CN1CCN(CCCN(C[C@@H]2CC=CCC2)C(=O)[C@@H]2C[C@H]2c2ccccc2)CC1. The minimum absolute atomic E-state index is 0.208. The topological polar surface area (TPSA) is 26.8 Å². The molecule has 0 bridgehead atoms. The molecule has 0 unspecified atom stereocenters. The molecule has 1 aromatic carbocycles. The van der Waals surface area contributed by atoms with E-state index in [-0.39, 0.29) is 5.92 Å². The number of hydrogen-bond donors (Lipinski definition) is 0.